The Kier molecular flexibility index (Phi) is 7.94. The van der Waals surface area contributed by atoms with Crippen molar-refractivity contribution < 1.29 is 0 Å². The van der Waals surface area contributed by atoms with Gasteiger partial charge in [-0.05, 0) is 125 Å². The highest BCUT2D eigenvalue weighted by Crippen LogP contribution is 2.55. The first-order valence-corrected chi connectivity index (χ1v) is 20.8. The third-order valence-electron chi connectivity index (χ3n) is 13.3. The predicted octanol–water partition coefficient (Wildman–Crippen LogP) is 15.9. The van der Waals surface area contributed by atoms with Crippen molar-refractivity contribution >= 4 is 27.8 Å². The summed E-state index contributed by atoms with van der Waals surface area (Å²) in [6.45, 7) is 9.49. The number of rotatable bonds is 6. The van der Waals surface area contributed by atoms with E-state index in [4.69, 9.17) is 0 Å². The highest BCUT2D eigenvalue weighted by Gasteiger charge is 2.37. The molecule has 2 aliphatic rings. The van der Waals surface area contributed by atoms with Gasteiger partial charge in [-0.25, -0.2) is 0 Å². The topological polar surface area (TPSA) is 3.24 Å². The van der Waals surface area contributed by atoms with E-state index in [0.29, 0.717) is 0 Å². The van der Waals surface area contributed by atoms with Crippen LogP contribution in [-0.2, 0) is 10.8 Å². The molecule has 0 spiro atoms. The average molecular weight is 756 g/mol. The lowest BCUT2D eigenvalue weighted by Crippen LogP contribution is -2.25. The van der Waals surface area contributed by atoms with Crippen LogP contribution >= 0.6 is 0 Å². The maximum Gasteiger partial charge on any atom is 0.0465 e. The summed E-state index contributed by atoms with van der Waals surface area (Å²) in [6, 6.07) is 74.1. The molecule has 9 aromatic rings. The van der Waals surface area contributed by atoms with Gasteiger partial charge in [0.05, 0.1) is 0 Å². The van der Waals surface area contributed by atoms with Crippen LogP contribution in [0.2, 0.25) is 0 Å². The summed E-state index contributed by atoms with van der Waals surface area (Å²) in [7, 11) is 0. The molecule has 9 aromatic carbocycles. The van der Waals surface area contributed by atoms with Gasteiger partial charge in [-0.1, -0.05) is 191 Å². The van der Waals surface area contributed by atoms with Gasteiger partial charge in [-0.3, -0.25) is 0 Å². The van der Waals surface area contributed by atoms with Crippen molar-refractivity contribution in [3.8, 4) is 55.6 Å². The van der Waals surface area contributed by atoms with Gasteiger partial charge in [-0.2, -0.15) is 0 Å². The van der Waals surface area contributed by atoms with Gasteiger partial charge < -0.3 is 4.90 Å². The zero-order valence-electron chi connectivity index (χ0n) is 34.0. The first-order chi connectivity index (χ1) is 28.8. The summed E-state index contributed by atoms with van der Waals surface area (Å²) in [5.41, 5.74) is 21.5. The molecule has 0 saturated carbocycles. The second-order valence-corrected chi connectivity index (χ2v) is 17.3. The maximum absolute atomic E-state index is 2.40. The molecule has 0 saturated heterocycles. The Morgan fingerprint density at radius 3 is 1.61 bits per heavy atom. The van der Waals surface area contributed by atoms with Gasteiger partial charge >= 0.3 is 0 Å². The first-order valence-electron chi connectivity index (χ1n) is 20.8. The molecule has 0 bridgehead atoms. The Hall–Kier alpha value is -6.96. The summed E-state index contributed by atoms with van der Waals surface area (Å²) >= 11 is 0. The maximum atomic E-state index is 2.40. The van der Waals surface area contributed by atoms with Gasteiger partial charge in [0.2, 0.25) is 0 Å². The molecule has 0 aromatic heterocycles. The quantitative estimate of drug-likeness (QED) is 0.163. The highest BCUT2D eigenvalue weighted by molar-refractivity contribution is 6.10. The van der Waals surface area contributed by atoms with Crippen LogP contribution < -0.4 is 4.90 Å². The standard InChI is InChI=1S/C58H45N/c1-57(2)51-23-12-11-20-48(51)49-36-34-45(37-53(49)57)59(43-18-9-6-10-19-43)44-32-29-39(30-33-44)38-25-27-41(28-26-38)46-35-31-42-17-13-24-52-54(42)55(46)50-22-14-21-47(56(50)58(52,3)4)40-15-7-5-8-16-40/h5-37H,1-4H3. The average Bonchev–Trinajstić information content (AvgIpc) is 3.51. The van der Waals surface area contributed by atoms with Crippen LogP contribution in [-0.4, -0.2) is 0 Å². The number of benzene rings is 9. The van der Waals surface area contributed by atoms with Crippen molar-refractivity contribution in [1.82, 2.24) is 0 Å². The first kappa shape index (κ1) is 35.2. The van der Waals surface area contributed by atoms with Crippen molar-refractivity contribution in [1.29, 1.82) is 0 Å². The minimum absolute atomic E-state index is 0.0712. The van der Waals surface area contributed by atoms with E-state index in [0.717, 1.165) is 17.1 Å². The molecule has 1 heteroatoms. The highest BCUT2D eigenvalue weighted by atomic mass is 15.1. The summed E-state index contributed by atoms with van der Waals surface area (Å²) < 4.78 is 0. The third-order valence-corrected chi connectivity index (χ3v) is 13.3. The molecule has 0 N–H and O–H groups in total. The second kappa shape index (κ2) is 13.3. The van der Waals surface area contributed by atoms with Crippen LogP contribution in [0.25, 0.3) is 66.4 Å². The van der Waals surface area contributed by atoms with E-state index in [-0.39, 0.29) is 10.8 Å². The molecule has 0 fully saturated rings. The Morgan fingerprint density at radius 2 is 0.847 bits per heavy atom. The van der Waals surface area contributed by atoms with Crippen LogP contribution in [0, 0.1) is 0 Å². The van der Waals surface area contributed by atoms with Crippen LogP contribution in [0.3, 0.4) is 0 Å². The zero-order chi connectivity index (χ0) is 39.9. The van der Waals surface area contributed by atoms with E-state index in [1.807, 2.05) is 0 Å². The molecular formula is C58H45N. The van der Waals surface area contributed by atoms with Crippen LogP contribution in [0.4, 0.5) is 17.1 Å². The van der Waals surface area contributed by atoms with Crippen molar-refractivity contribution in [2.75, 3.05) is 4.90 Å². The van der Waals surface area contributed by atoms with Crippen molar-refractivity contribution in [2.45, 2.75) is 38.5 Å². The third kappa shape index (κ3) is 5.45. The van der Waals surface area contributed by atoms with Gasteiger partial charge in [0, 0.05) is 27.9 Å². The van der Waals surface area contributed by atoms with Crippen molar-refractivity contribution in [3.63, 3.8) is 0 Å². The normalized spacial score (nSPS) is 14.0. The number of hydrogen-bond acceptors (Lipinski definition) is 1. The molecule has 2 aliphatic carbocycles. The molecule has 0 radical (unpaired) electrons. The molecule has 0 heterocycles. The molecule has 11 rings (SSSR count). The van der Waals surface area contributed by atoms with Gasteiger partial charge in [0.25, 0.3) is 0 Å². The molecule has 0 unspecified atom stereocenters. The molecule has 282 valence electrons. The summed E-state index contributed by atoms with van der Waals surface area (Å²) in [4.78, 5) is 2.38. The summed E-state index contributed by atoms with van der Waals surface area (Å²) in [5, 5.41) is 2.66. The second-order valence-electron chi connectivity index (χ2n) is 17.3. The summed E-state index contributed by atoms with van der Waals surface area (Å²) in [5.74, 6) is 0. The fourth-order valence-electron chi connectivity index (χ4n) is 10.3. The summed E-state index contributed by atoms with van der Waals surface area (Å²) in [6.07, 6.45) is 0. The monoisotopic (exact) mass is 755 g/mol. The molecule has 0 atom stereocenters. The number of hydrogen-bond donors (Lipinski definition) is 0. The molecular weight excluding hydrogens is 711 g/mol. The van der Waals surface area contributed by atoms with E-state index >= 15 is 0 Å². The largest absolute Gasteiger partial charge is 0.310 e. The SMILES string of the molecule is CC1(C)c2ccccc2-c2ccc(N(c3ccccc3)c3ccc(-c4ccc(-c5ccc6cccc7c6c5-c5cccc(-c6ccccc6)c5C7(C)C)cc4)cc3)cc21. The molecule has 1 nitrogen and oxygen atoms in total. The van der Waals surface area contributed by atoms with Gasteiger partial charge in [0.1, 0.15) is 0 Å². The predicted molar refractivity (Wildman–Crippen MR) is 250 cm³/mol. The number of para-hydroxylation sites is 1. The van der Waals surface area contributed by atoms with E-state index in [9.17, 15) is 0 Å². The van der Waals surface area contributed by atoms with Crippen LogP contribution in [0.5, 0.6) is 0 Å². The Bertz CT molecular complexity index is 3060. The number of anilines is 3. The lowest BCUT2D eigenvalue weighted by atomic mass is 9.65. The van der Waals surface area contributed by atoms with Crippen LogP contribution in [0.15, 0.2) is 200 Å². The van der Waals surface area contributed by atoms with Gasteiger partial charge in [0.15, 0.2) is 0 Å². The van der Waals surface area contributed by atoms with E-state index in [2.05, 4.69) is 233 Å². The molecule has 0 amide bonds. The minimum Gasteiger partial charge on any atom is -0.310 e. The van der Waals surface area contributed by atoms with E-state index < -0.39 is 0 Å². The fraction of sp³-hybridized carbons (Fsp3) is 0.103. The number of fused-ring (bicyclic) bond motifs is 5. The zero-order valence-corrected chi connectivity index (χ0v) is 34.0. The van der Waals surface area contributed by atoms with E-state index in [1.165, 1.54) is 88.7 Å². The Morgan fingerprint density at radius 1 is 0.322 bits per heavy atom. The Labute approximate surface area is 347 Å². The van der Waals surface area contributed by atoms with Crippen molar-refractivity contribution in [3.05, 3.63) is 222 Å². The number of nitrogens with zero attached hydrogens (tertiary/aromatic N) is 1. The van der Waals surface area contributed by atoms with Crippen molar-refractivity contribution in [2.24, 2.45) is 0 Å². The smallest absolute Gasteiger partial charge is 0.0465 e. The van der Waals surface area contributed by atoms with Crippen LogP contribution in [0.1, 0.15) is 49.9 Å². The minimum atomic E-state index is -0.165. The lowest BCUT2D eigenvalue weighted by molar-refractivity contribution is 0.647. The lowest BCUT2D eigenvalue weighted by Gasteiger charge is -2.38. The fourth-order valence-corrected chi connectivity index (χ4v) is 10.3. The molecule has 59 heavy (non-hydrogen) atoms. The van der Waals surface area contributed by atoms with E-state index in [1.54, 1.807) is 0 Å². The van der Waals surface area contributed by atoms with Gasteiger partial charge in [-0.15, -0.1) is 0 Å². The Balaban J connectivity index is 0.968. The molecule has 0 aliphatic heterocycles.